The molecule has 5 heteroatoms. The predicted octanol–water partition coefficient (Wildman–Crippen LogP) is 13.7. The van der Waals surface area contributed by atoms with Crippen molar-refractivity contribution in [3.05, 3.63) is 154 Å². The molecule has 1 aliphatic heterocycles. The van der Waals surface area contributed by atoms with Gasteiger partial charge in [0.25, 0.3) is 0 Å². The Bertz CT molecular complexity index is 2350. The Hall–Kier alpha value is -5.29. The Balaban J connectivity index is 1.25. The molecular weight excluding hydrogens is 685 g/mol. The summed E-state index contributed by atoms with van der Waals surface area (Å²) in [5.41, 5.74) is 14.0. The fourth-order valence-electron chi connectivity index (χ4n) is 8.13. The first kappa shape index (κ1) is 39.0. The van der Waals surface area contributed by atoms with Gasteiger partial charge in [-0.3, -0.25) is 0 Å². The van der Waals surface area contributed by atoms with Gasteiger partial charge in [-0.05, 0) is 101 Å². The molecule has 0 amide bonds. The van der Waals surface area contributed by atoms with Gasteiger partial charge >= 0.3 is 0 Å². The molecule has 0 unspecified atom stereocenters. The number of hydrogen-bond donors (Lipinski definition) is 0. The maximum Gasteiger partial charge on any atom is 0.129 e. The largest absolute Gasteiger partial charge is 0.457 e. The highest BCUT2D eigenvalue weighted by atomic mass is 16.5. The van der Waals surface area contributed by atoms with Crippen LogP contribution in [0, 0.1) is 13.8 Å². The second-order valence-corrected chi connectivity index (χ2v) is 19.3. The van der Waals surface area contributed by atoms with Gasteiger partial charge < -0.3 is 14.5 Å². The summed E-state index contributed by atoms with van der Waals surface area (Å²) in [6.45, 7) is 30.2. The van der Waals surface area contributed by atoms with Crippen LogP contribution >= 0.6 is 0 Å². The fraction of sp³-hybridized carbons (Fsp3) is 0.353. The minimum Gasteiger partial charge on any atom is -0.457 e. The van der Waals surface area contributed by atoms with Crippen LogP contribution in [0.15, 0.2) is 115 Å². The van der Waals surface area contributed by atoms with E-state index in [4.69, 9.17) is 9.84 Å². The quantitative estimate of drug-likeness (QED) is 0.163. The van der Waals surface area contributed by atoms with Crippen LogP contribution < -0.4 is 14.5 Å². The van der Waals surface area contributed by atoms with E-state index >= 15 is 0 Å². The molecule has 290 valence electrons. The molecule has 7 rings (SSSR count). The van der Waals surface area contributed by atoms with Crippen molar-refractivity contribution in [3.8, 4) is 17.2 Å². The third kappa shape index (κ3) is 7.48. The first-order valence-electron chi connectivity index (χ1n) is 20.1. The van der Waals surface area contributed by atoms with E-state index in [9.17, 15) is 0 Å². The molecule has 0 aliphatic carbocycles. The lowest BCUT2D eigenvalue weighted by Crippen LogP contribution is -2.26. The third-order valence-corrected chi connectivity index (χ3v) is 11.5. The molecule has 1 aliphatic rings. The minimum absolute atomic E-state index is 0.0233. The standard InChI is InChI=1S/C51H60N4O/c1-34-47(51(12,13)36-20-15-14-16-21-36)35(2)55(52-34)40-22-19-23-43(31-40)56-44-30-39(50(9,10)11)29-42(32-44)54-33-53(45-24-17-18-25-46(45)54)41-27-37(48(3,4)5)26-38(28-41)49(6,7)8/h14-32H,33H2,1-13H3. The summed E-state index contributed by atoms with van der Waals surface area (Å²) in [6, 6.07) is 41.7. The molecular formula is C51H60N4O. The number of rotatable bonds is 7. The highest BCUT2D eigenvalue weighted by molar-refractivity contribution is 5.87. The third-order valence-electron chi connectivity index (χ3n) is 11.5. The van der Waals surface area contributed by atoms with Gasteiger partial charge in [-0.25, -0.2) is 4.68 Å². The Morgan fingerprint density at radius 1 is 0.482 bits per heavy atom. The topological polar surface area (TPSA) is 33.5 Å². The molecule has 5 aromatic carbocycles. The molecule has 0 fully saturated rings. The summed E-state index contributed by atoms with van der Waals surface area (Å²) in [7, 11) is 0. The van der Waals surface area contributed by atoms with Crippen LogP contribution in [0.25, 0.3) is 5.69 Å². The van der Waals surface area contributed by atoms with E-state index in [0.717, 1.165) is 34.3 Å². The summed E-state index contributed by atoms with van der Waals surface area (Å²) in [4.78, 5) is 4.90. The first-order valence-corrected chi connectivity index (χ1v) is 20.1. The molecule has 0 N–H and O–H groups in total. The number of aryl methyl sites for hydroxylation is 1. The van der Waals surface area contributed by atoms with Crippen LogP contribution in [0.2, 0.25) is 0 Å². The van der Waals surface area contributed by atoms with E-state index in [2.05, 4.69) is 214 Å². The average Bonchev–Trinajstić information content (AvgIpc) is 3.68. The average molecular weight is 745 g/mol. The van der Waals surface area contributed by atoms with Gasteiger partial charge in [0.1, 0.15) is 18.2 Å². The van der Waals surface area contributed by atoms with Gasteiger partial charge in [-0.2, -0.15) is 5.10 Å². The van der Waals surface area contributed by atoms with Crippen molar-refractivity contribution in [3.63, 3.8) is 0 Å². The molecule has 0 spiro atoms. The lowest BCUT2D eigenvalue weighted by Gasteiger charge is -2.29. The van der Waals surface area contributed by atoms with Gasteiger partial charge in [0.2, 0.25) is 0 Å². The number of ether oxygens (including phenoxy) is 1. The maximum atomic E-state index is 6.81. The zero-order valence-electron chi connectivity index (χ0n) is 35.9. The van der Waals surface area contributed by atoms with Gasteiger partial charge in [0, 0.05) is 40.2 Å². The van der Waals surface area contributed by atoms with Gasteiger partial charge in [0.05, 0.1) is 22.8 Å². The summed E-state index contributed by atoms with van der Waals surface area (Å²) in [5, 5.41) is 5.07. The predicted molar refractivity (Wildman–Crippen MR) is 236 cm³/mol. The molecule has 0 bridgehead atoms. The summed E-state index contributed by atoms with van der Waals surface area (Å²) < 4.78 is 8.88. The maximum absolute atomic E-state index is 6.81. The Kier molecular flexibility index (Phi) is 9.76. The van der Waals surface area contributed by atoms with Crippen molar-refractivity contribution in [1.82, 2.24) is 9.78 Å². The molecule has 0 atom stereocenters. The zero-order valence-corrected chi connectivity index (χ0v) is 35.9. The lowest BCUT2D eigenvalue weighted by molar-refractivity contribution is 0.478. The van der Waals surface area contributed by atoms with Crippen LogP contribution in [0.1, 0.15) is 115 Å². The normalized spacial score (nSPS) is 13.7. The van der Waals surface area contributed by atoms with Crippen LogP contribution in [0.5, 0.6) is 11.5 Å². The number of benzene rings is 5. The summed E-state index contributed by atoms with van der Waals surface area (Å²) in [5.74, 6) is 1.58. The fourth-order valence-corrected chi connectivity index (χ4v) is 8.13. The minimum atomic E-state index is -0.195. The van der Waals surface area contributed by atoms with E-state index in [0.29, 0.717) is 6.67 Å². The second kappa shape index (κ2) is 14.0. The van der Waals surface area contributed by atoms with Gasteiger partial charge in [0.15, 0.2) is 0 Å². The van der Waals surface area contributed by atoms with E-state index in [-0.39, 0.29) is 21.7 Å². The summed E-state index contributed by atoms with van der Waals surface area (Å²) >= 11 is 0. The Morgan fingerprint density at radius 2 is 0.982 bits per heavy atom. The van der Waals surface area contributed by atoms with Crippen molar-refractivity contribution in [2.24, 2.45) is 0 Å². The SMILES string of the molecule is Cc1nn(-c2cccc(Oc3cc(N4CN(c5cc(C(C)(C)C)cc(C(C)(C)C)c5)c5ccccc54)cc(C(C)(C)C)c3)c2)c(C)c1C(C)(C)c1ccccc1. The van der Waals surface area contributed by atoms with E-state index in [1.54, 1.807) is 0 Å². The molecule has 1 aromatic heterocycles. The molecule has 0 radical (unpaired) electrons. The number of nitrogens with zero attached hydrogens (tertiary/aromatic N) is 4. The van der Waals surface area contributed by atoms with Gasteiger partial charge in [-0.15, -0.1) is 0 Å². The second-order valence-electron chi connectivity index (χ2n) is 19.3. The van der Waals surface area contributed by atoms with Crippen molar-refractivity contribution in [1.29, 1.82) is 0 Å². The molecule has 6 aromatic rings. The highest BCUT2D eigenvalue weighted by Crippen LogP contribution is 2.47. The van der Waals surface area contributed by atoms with Crippen molar-refractivity contribution >= 4 is 22.7 Å². The van der Waals surface area contributed by atoms with Crippen molar-refractivity contribution < 1.29 is 4.74 Å². The van der Waals surface area contributed by atoms with Crippen LogP contribution in [0.3, 0.4) is 0 Å². The molecule has 5 nitrogen and oxygen atoms in total. The smallest absolute Gasteiger partial charge is 0.129 e. The van der Waals surface area contributed by atoms with Crippen LogP contribution in [0.4, 0.5) is 22.7 Å². The number of hydrogen-bond acceptors (Lipinski definition) is 4. The van der Waals surface area contributed by atoms with Crippen LogP contribution in [-0.2, 0) is 21.7 Å². The summed E-state index contributed by atoms with van der Waals surface area (Å²) in [6.07, 6.45) is 0. The number of anilines is 4. The van der Waals surface area contributed by atoms with Crippen molar-refractivity contribution in [2.45, 2.75) is 112 Å². The van der Waals surface area contributed by atoms with Gasteiger partial charge in [-0.1, -0.05) is 131 Å². The van der Waals surface area contributed by atoms with Crippen LogP contribution in [-0.4, -0.2) is 16.4 Å². The number of fused-ring (bicyclic) bond motifs is 1. The molecule has 0 saturated carbocycles. The van der Waals surface area contributed by atoms with E-state index in [1.807, 2.05) is 6.07 Å². The number of para-hydroxylation sites is 2. The van der Waals surface area contributed by atoms with E-state index in [1.165, 1.54) is 44.9 Å². The highest BCUT2D eigenvalue weighted by Gasteiger charge is 2.32. The number of aromatic nitrogens is 2. The lowest BCUT2D eigenvalue weighted by atomic mass is 9.77. The molecule has 56 heavy (non-hydrogen) atoms. The Labute approximate surface area is 336 Å². The molecule has 2 heterocycles. The zero-order chi connectivity index (χ0) is 40.4. The Morgan fingerprint density at radius 3 is 1.54 bits per heavy atom. The first-order chi connectivity index (χ1) is 26.2. The van der Waals surface area contributed by atoms with E-state index < -0.39 is 0 Å². The van der Waals surface area contributed by atoms with Crippen molar-refractivity contribution in [2.75, 3.05) is 16.5 Å². The monoisotopic (exact) mass is 744 g/mol. The molecule has 0 saturated heterocycles.